The lowest BCUT2D eigenvalue weighted by molar-refractivity contribution is 0.104. The van der Waals surface area contributed by atoms with Gasteiger partial charge in [0.05, 0.1) is 12.2 Å². The number of rotatable bonds is 5. The summed E-state index contributed by atoms with van der Waals surface area (Å²) in [5, 5.41) is 5.01. The third kappa shape index (κ3) is 3.63. The lowest BCUT2D eigenvalue weighted by Gasteiger charge is -2.03. The molecule has 4 heteroatoms. The minimum absolute atomic E-state index is 0.0538. The van der Waals surface area contributed by atoms with Gasteiger partial charge in [-0.3, -0.25) is 4.79 Å². The molecule has 0 radical (unpaired) electrons. The topological polar surface area (TPSA) is 34.9 Å². The third-order valence-corrected chi connectivity index (χ3v) is 4.14. The van der Waals surface area contributed by atoms with E-state index in [2.05, 4.69) is 5.10 Å². The lowest BCUT2D eigenvalue weighted by Crippen LogP contribution is -2.01. The van der Waals surface area contributed by atoms with E-state index in [4.69, 9.17) is 11.6 Å². The van der Waals surface area contributed by atoms with E-state index >= 15 is 0 Å². The predicted octanol–water partition coefficient (Wildman–Crippen LogP) is 4.79. The fourth-order valence-electron chi connectivity index (χ4n) is 2.48. The molecule has 0 atom stereocenters. The fraction of sp³-hybridized carbons (Fsp3) is 0.100. The Balaban J connectivity index is 1.82. The van der Waals surface area contributed by atoms with Gasteiger partial charge in [-0.1, -0.05) is 72.3 Å². The van der Waals surface area contributed by atoms with Crippen LogP contribution >= 0.6 is 11.6 Å². The van der Waals surface area contributed by atoms with Gasteiger partial charge in [0.15, 0.2) is 5.78 Å². The highest BCUT2D eigenvalue weighted by Gasteiger charge is 2.12. The highest BCUT2D eigenvalue weighted by molar-refractivity contribution is 6.31. The minimum atomic E-state index is -0.0538. The van der Waals surface area contributed by atoms with Gasteiger partial charge in [-0.05, 0) is 24.6 Å². The van der Waals surface area contributed by atoms with E-state index in [-0.39, 0.29) is 5.78 Å². The van der Waals surface area contributed by atoms with E-state index in [9.17, 15) is 4.79 Å². The number of hydrogen-bond acceptors (Lipinski definition) is 2. The molecule has 1 aromatic heterocycles. The number of benzene rings is 2. The molecule has 0 spiro atoms. The Morgan fingerprint density at radius 3 is 2.38 bits per heavy atom. The molecule has 0 aliphatic rings. The van der Waals surface area contributed by atoms with Gasteiger partial charge in [0.1, 0.15) is 5.15 Å². The van der Waals surface area contributed by atoms with Crippen LogP contribution in [0.5, 0.6) is 0 Å². The Kier molecular flexibility index (Phi) is 4.92. The summed E-state index contributed by atoms with van der Waals surface area (Å²) in [6, 6.07) is 19.2. The summed E-state index contributed by atoms with van der Waals surface area (Å²) in [6.45, 7) is 2.49. The van der Waals surface area contributed by atoms with Gasteiger partial charge in [-0.15, -0.1) is 0 Å². The molecule has 0 bridgehead atoms. The van der Waals surface area contributed by atoms with Crippen LogP contribution in [0.1, 0.15) is 27.2 Å². The average Bonchev–Trinajstić information content (AvgIpc) is 2.88. The van der Waals surface area contributed by atoms with Crippen LogP contribution in [0.25, 0.3) is 6.08 Å². The Labute approximate surface area is 146 Å². The van der Waals surface area contributed by atoms with Crippen molar-refractivity contribution in [3.05, 3.63) is 94.3 Å². The summed E-state index contributed by atoms with van der Waals surface area (Å²) in [5.41, 5.74) is 3.35. The summed E-state index contributed by atoms with van der Waals surface area (Å²) < 4.78 is 1.75. The molecule has 3 aromatic rings. The first-order chi connectivity index (χ1) is 11.6. The van der Waals surface area contributed by atoms with Crippen molar-refractivity contribution >= 4 is 23.5 Å². The largest absolute Gasteiger partial charge is 0.289 e. The number of allylic oxidation sites excluding steroid dienone is 1. The van der Waals surface area contributed by atoms with E-state index in [0.29, 0.717) is 17.3 Å². The second-order valence-corrected chi connectivity index (χ2v) is 5.85. The highest BCUT2D eigenvalue weighted by atomic mass is 35.5. The monoisotopic (exact) mass is 336 g/mol. The van der Waals surface area contributed by atoms with E-state index in [1.54, 1.807) is 22.9 Å². The Bertz CT molecular complexity index is 867. The van der Waals surface area contributed by atoms with Crippen molar-refractivity contribution in [1.82, 2.24) is 9.78 Å². The molecular weight excluding hydrogens is 320 g/mol. The lowest BCUT2D eigenvalue weighted by atomic mass is 10.1. The molecule has 0 aliphatic heterocycles. The van der Waals surface area contributed by atoms with Gasteiger partial charge in [0.2, 0.25) is 0 Å². The quantitative estimate of drug-likeness (QED) is 0.496. The van der Waals surface area contributed by atoms with Crippen molar-refractivity contribution < 1.29 is 4.79 Å². The molecule has 1 heterocycles. The maximum atomic E-state index is 12.2. The van der Waals surface area contributed by atoms with E-state index in [1.807, 2.05) is 55.5 Å². The van der Waals surface area contributed by atoms with Crippen LogP contribution in [0.15, 0.2) is 66.7 Å². The Morgan fingerprint density at radius 2 is 1.71 bits per heavy atom. The van der Waals surface area contributed by atoms with E-state index in [1.165, 1.54) is 6.08 Å². The van der Waals surface area contributed by atoms with Crippen molar-refractivity contribution in [2.24, 2.45) is 0 Å². The molecule has 0 saturated carbocycles. The zero-order valence-electron chi connectivity index (χ0n) is 13.3. The molecule has 0 unspecified atom stereocenters. The zero-order chi connectivity index (χ0) is 16.9. The maximum Gasteiger partial charge on any atom is 0.185 e. The molecule has 0 aliphatic carbocycles. The Morgan fingerprint density at radius 1 is 1.08 bits per heavy atom. The predicted molar refractivity (Wildman–Crippen MR) is 97.3 cm³/mol. The first-order valence-corrected chi connectivity index (χ1v) is 8.07. The van der Waals surface area contributed by atoms with Crippen LogP contribution in [-0.2, 0) is 6.54 Å². The maximum absolute atomic E-state index is 12.2. The number of carbonyl (C=O) groups is 1. The summed E-state index contributed by atoms with van der Waals surface area (Å²) >= 11 is 6.45. The summed E-state index contributed by atoms with van der Waals surface area (Å²) in [7, 11) is 0. The van der Waals surface area contributed by atoms with Crippen LogP contribution in [0.4, 0.5) is 0 Å². The van der Waals surface area contributed by atoms with Crippen LogP contribution in [-0.4, -0.2) is 15.6 Å². The average molecular weight is 337 g/mol. The summed E-state index contributed by atoms with van der Waals surface area (Å²) in [5.74, 6) is -0.0538. The number of nitrogens with zero attached hydrogens (tertiary/aromatic N) is 2. The van der Waals surface area contributed by atoms with Gasteiger partial charge >= 0.3 is 0 Å². The van der Waals surface area contributed by atoms with Crippen LogP contribution in [0.2, 0.25) is 5.15 Å². The van der Waals surface area contributed by atoms with Gasteiger partial charge in [-0.2, -0.15) is 5.10 Å². The summed E-state index contributed by atoms with van der Waals surface area (Å²) in [4.78, 5) is 12.2. The van der Waals surface area contributed by atoms with Crippen molar-refractivity contribution in [2.75, 3.05) is 0 Å². The van der Waals surface area contributed by atoms with Crippen molar-refractivity contribution in [2.45, 2.75) is 13.5 Å². The number of carbonyl (C=O) groups excluding carboxylic acids is 1. The molecule has 3 nitrogen and oxygen atoms in total. The van der Waals surface area contributed by atoms with Crippen LogP contribution in [0.3, 0.4) is 0 Å². The molecule has 3 rings (SSSR count). The van der Waals surface area contributed by atoms with Crippen molar-refractivity contribution in [1.29, 1.82) is 0 Å². The normalized spacial score (nSPS) is 11.1. The summed E-state index contributed by atoms with van der Waals surface area (Å²) in [6.07, 6.45) is 3.28. The smallest absolute Gasteiger partial charge is 0.185 e. The minimum Gasteiger partial charge on any atom is -0.289 e. The van der Waals surface area contributed by atoms with Gasteiger partial charge in [0.25, 0.3) is 0 Å². The Hall–Kier alpha value is -2.65. The number of hydrogen-bond donors (Lipinski definition) is 0. The number of ketones is 1. The second kappa shape index (κ2) is 7.28. The molecular formula is C20H17ClN2O. The highest BCUT2D eigenvalue weighted by Crippen LogP contribution is 2.22. The fourth-order valence-corrected chi connectivity index (χ4v) is 2.77. The first kappa shape index (κ1) is 16.2. The van der Waals surface area contributed by atoms with Gasteiger partial charge in [0, 0.05) is 11.1 Å². The third-order valence-electron chi connectivity index (χ3n) is 3.74. The second-order valence-electron chi connectivity index (χ2n) is 5.50. The standard InChI is InChI=1S/C20H17ClN2O/c1-15-18(12-13-19(24)17-10-6-3-7-11-17)20(21)23(22-15)14-16-8-4-2-5-9-16/h2-13H,14H2,1H3/b13-12+. The van der Waals surface area contributed by atoms with Crippen molar-refractivity contribution in [3.8, 4) is 0 Å². The van der Waals surface area contributed by atoms with Gasteiger partial charge < -0.3 is 0 Å². The molecule has 0 amide bonds. The molecule has 0 saturated heterocycles. The SMILES string of the molecule is Cc1nn(Cc2ccccc2)c(Cl)c1/C=C/C(=O)c1ccccc1. The van der Waals surface area contributed by atoms with Crippen molar-refractivity contribution in [3.63, 3.8) is 0 Å². The van der Waals surface area contributed by atoms with Crippen LogP contribution < -0.4 is 0 Å². The van der Waals surface area contributed by atoms with Gasteiger partial charge in [-0.25, -0.2) is 4.68 Å². The van der Waals surface area contributed by atoms with E-state index in [0.717, 1.165) is 16.8 Å². The number of halogens is 1. The zero-order valence-corrected chi connectivity index (χ0v) is 14.1. The molecule has 2 aromatic carbocycles. The van der Waals surface area contributed by atoms with E-state index < -0.39 is 0 Å². The molecule has 120 valence electrons. The molecule has 0 fully saturated rings. The number of aromatic nitrogens is 2. The first-order valence-electron chi connectivity index (χ1n) is 7.69. The molecule has 0 N–H and O–H groups in total. The molecule has 24 heavy (non-hydrogen) atoms. The number of aryl methyl sites for hydroxylation is 1. The van der Waals surface area contributed by atoms with Crippen LogP contribution in [0, 0.1) is 6.92 Å².